The van der Waals surface area contributed by atoms with Crippen molar-refractivity contribution in [2.75, 3.05) is 0 Å². The van der Waals surface area contributed by atoms with Crippen LogP contribution in [-0.2, 0) is 0 Å². The number of rotatable bonds is 2. The average molecular weight is 167 g/mol. The number of hydrogen-bond acceptors (Lipinski definition) is 3. The molecule has 0 spiro atoms. The monoisotopic (exact) mass is 167 g/mol. The van der Waals surface area contributed by atoms with Gasteiger partial charge in [0, 0.05) is 11.1 Å². The van der Waals surface area contributed by atoms with Crippen LogP contribution in [0, 0.1) is 0 Å². The first-order chi connectivity index (χ1) is 5.61. The van der Waals surface area contributed by atoms with E-state index < -0.39 is 12.2 Å². The number of nitrogens with two attached hydrogens (primary N) is 1. The summed E-state index contributed by atoms with van der Waals surface area (Å²) in [6, 6.07) is 5.75. The van der Waals surface area contributed by atoms with Gasteiger partial charge in [-0.25, -0.2) is 0 Å². The maximum absolute atomic E-state index is 10.6. The Morgan fingerprint density at radius 3 is 2.08 bits per heavy atom. The molecular weight excluding hydrogens is 158 g/mol. The van der Waals surface area contributed by atoms with Crippen LogP contribution in [0.2, 0.25) is 0 Å². The standard InChI is InChI=1S/C8H9NO3/c9-7(10)5-1-3-6(4-2-5)8(11)12/h1-4,8,11-12H,(H2,9,10). The molecule has 0 radical (unpaired) electrons. The summed E-state index contributed by atoms with van der Waals surface area (Å²) in [6.45, 7) is 0. The normalized spacial score (nSPS) is 10.2. The van der Waals surface area contributed by atoms with Crippen molar-refractivity contribution >= 4 is 5.91 Å². The molecule has 0 fully saturated rings. The Hall–Kier alpha value is -1.39. The Morgan fingerprint density at radius 1 is 1.25 bits per heavy atom. The summed E-state index contributed by atoms with van der Waals surface area (Å²) in [6.07, 6.45) is -1.51. The van der Waals surface area contributed by atoms with E-state index in [9.17, 15) is 4.79 Å². The highest BCUT2D eigenvalue weighted by molar-refractivity contribution is 5.92. The smallest absolute Gasteiger partial charge is 0.248 e. The van der Waals surface area contributed by atoms with Crippen molar-refractivity contribution < 1.29 is 15.0 Å². The largest absolute Gasteiger partial charge is 0.366 e. The summed E-state index contributed by atoms with van der Waals surface area (Å²) < 4.78 is 0. The second-order valence-corrected chi connectivity index (χ2v) is 2.36. The van der Waals surface area contributed by atoms with Crippen LogP contribution < -0.4 is 5.73 Å². The third-order valence-corrected chi connectivity index (χ3v) is 1.49. The van der Waals surface area contributed by atoms with Crippen molar-refractivity contribution in [1.29, 1.82) is 0 Å². The molecule has 0 saturated heterocycles. The van der Waals surface area contributed by atoms with Gasteiger partial charge in [-0.15, -0.1) is 0 Å². The SMILES string of the molecule is NC(=O)c1ccc(C(O)O)cc1. The number of carbonyl (C=O) groups is 1. The summed E-state index contributed by atoms with van der Waals surface area (Å²) in [5.41, 5.74) is 5.66. The lowest BCUT2D eigenvalue weighted by Crippen LogP contribution is -2.10. The van der Waals surface area contributed by atoms with Gasteiger partial charge in [0.05, 0.1) is 0 Å². The molecular formula is C8H9NO3. The zero-order valence-electron chi connectivity index (χ0n) is 6.27. The maximum atomic E-state index is 10.6. The number of aliphatic hydroxyl groups excluding tert-OH is 1. The zero-order valence-corrected chi connectivity index (χ0v) is 6.27. The molecule has 0 aliphatic carbocycles. The van der Waals surface area contributed by atoms with E-state index in [0.717, 1.165) is 0 Å². The Labute approximate surface area is 69.3 Å². The molecule has 0 bridgehead atoms. The highest BCUT2D eigenvalue weighted by Crippen LogP contribution is 2.10. The number of carbonyl (C=O) groups excluding carboxylic acids is 1. The molecule has 1 amide bonds. The van der Waals surface area contributed by atoms with E-state index in [1.807, 2.05) is 0 Å². The number of aliphatic hydroxyl groups is 2. The first kappa shape index (κ1) is 8.70. The quantitative estimate of drug-likeness (QED) is 0.532. The molecule has 1 aromatic carbocycles. The molecule has 64 valence electrons. The van der Waals surface area contributed by atoms with Crippen LogP contribution in [-0.4, -0.2) is 16.1 Å². The van der Waals surface area contributed by atoms with E-state index in [4.69, 9.17) is 15.9 Å². The molecule has 4 heteroatoms. The van der Waals surface area contributed by atoms with Crippen molar-refractivity contribution in [1.82, 2.24) is 0 Å². The molecule has 0 aliphatic heterocycles. The highest BCUT2D eigenvalue weighted by Gasteiger charge is 2.03. The summed E-state index contributed by atoms with van der Waals surface area (Å²) in [5.74, 6) is -0.533. The van der Waals surface area contributed by atoms with Gasteiger partial charge in [0.25, 0.3) is 0 Å². The lowest BCUT2D eigenvalue weighted by Gasteiger charge is -2.02. The second-order valence-electron chi connectivity index (χ2n) is 2.36. The van der Waals surface area contributed by atoms with Gasteiger partial charge >= 0.3 is 0 Å². The van der Waals surface area contributed by atoms with Crippen molar-refractivity contribution in [3.05, 3.63) is 35.4 Å². The van der Waals surface area contributed by atoms with E-state index in [-0.39, 0.29) is 0 Å². The van der Waals surface area contributed by atoms with E-state index >= 15 is 0 Å². The molecule has 0 aliphatic rings. The van der Waals surface area contributed by atoms with E-state index in [1.165, 1.54) is 24.3 Å². The number of amides is 1. The minimum absolute atomic E-state index is 0.333. The number of benzene rings is 1. The van der Waals surface area contributed by atoms with Gasteiger partial charge in [-0.3, -0.25) is 4.79 Å². The highest BCUT2D eigenvalue weighted by atomic mass is 16.5. The first-order valence-electron chi connectivity index (χ1n) is 3.37. The van der Waals surface area contributed by atoms with E-state index in [0.29, 0.717) is 11.1 Å². The Bertz CT molecular complexity index is 279. The van der Waals surface area contributed by atoms with Gasteiger partial charge < -0.3 is 15.9 Å². The van der Waals surface area contributed by atoms with Gasteiger partial charge in [0.2, 0.25) is 5.91 Å². The molecule has 0 aromatic heterocycles. The van der Waals surface area contributed by atoms with Gasteiger partial charge in [-0.05, 0) is 12.1 Å². The van der Waals surface area contributed by atoms with Gasteiger partial charge in [-0.1, -0.05) is 12.1 Å². The van der Waals surface area contributed by atoms with Crippen molar-refractivity contribution in [2.45, 2.75) is 6.29 Å². The van der Waals surface area contributed by atoms with Crippen LogP contribution in [0.1, 0.15) is 22.2 Å². The first-order valence-corrected chi connectivity index (χ1v) is 3.37. The Kier molecular flexibility index (Phi) is 2.42. The molecule has 0 unspecified atom stereocenters. The van der Waals surface area contributed by atoms with Gasteiger partial charge in [-0.2, -0.15) is 0 Å². The fourth-order valence-corrected chi connectivity index (χ4v) is 0.820. The predicted molar refractivity (Wildman–Crippen MR) is 42.1 cm³/mol. The Balaban J connectivity index is 2.93. The molecule has 12 heavy (non-hydrogen) atoms. The van der Waals surface area contributed by atoms with Crippen LogP contribution >= 0.6 is 0 Å². The molecule has 1 rings (SSSR count). The van der Waals surface area contributed by atoms with Crippen LogP contribution in [0.4, 0.5) is 0 Å². The lowest BCUT2D eigenvalue weighted by atomic mass is 10.1. The fraction of sp³-hybridized carbons (Fsp3) is 0.125. The minimum Gasteiger partial charge on any atom is -0.366 e. The van der Waals surface area contributed by atoms with Crippen LogP contribution in [0.5, 0.6) is 0 Å². The summed E-state index contributed by atoms with van der Waals surface area (Å²) in [7, 11) is 0. The molecule has 0 saturated carbocycles. The summed E-state index contributed by atoms with van der Waals surface area (Å²) in [4.78, 5) is 10.6. The third kappa shape index (κ3) is 1.81. The van der Waals surface area contributed by atoms with Gasteiger partial charge in [0.1, 0.15) is 0 Å². The van der Waals surface area contributed by atoms with Crippen LogP contribution in [0.15, 0.2) is 24.3 Å². The van der Waals surface area contributed by atoms with Crippen molar-refractivity contribution in [3.8, 4) is 0 Å². The van der Waals surface area contributed by atoms with Crippen LogP contribution in [0.3, 0.4) is 0 Å². The molecule has 0 atom stereocenters. The number of primary amides is 1. The lowest BCUT2D eigenvalue weighted by molar-refractivity contribution is -0.0424. The molecule has 0 heterocycles. The molecule has 4 nitrogen and oxygen atoms in total. The average Bonchev–Trinajstić information content (AvgIpc) is 2.04. The topological polar surface area (TPSA) is 83.6 Å². The summed E-state index contributed by atoms with van der Waals surface area (Å²) >= 11 is 0. The maximum Gasteiger partial charge on any atom is 0.248 e. The molecule has 1 aromatic rings. The third-order valence-electron chi connectivity index (χ3n) is 1.49. The van der Waals surface area contributed by atoms with Crippen molar-refractivity contribution in [2.24, 2.45) is 5.73 Å². The summed E-state index contributed by atoms with van der Waals surface area (Å²) in [5, 5.41) is 17.4. The Morgan fingerprint density at radius 2 is 1.75 bits per heavy atom. The van der Waals surface area contributed by atoms with Gasteiger partial charge in [0.15, 0.2) is 6.29 Å². The minimum atomic E-state index is -1.51. The molecule has 4 N–H and O–H groups in total. The van der Waals surface area contributed by atoms with E-state index in [1.54, 1.807) is 0 Å². The predicted octanol–water partition coefficient (Wildman–Crippen LogP) is -0.231. The van der Waals surface area contributed by atoms with E-state index in [2.05, 4.69) is 0 Å². The van der Waals surface area contributed by atoms with Crippen LogP contribution in [0.25, 0.3) is 0 Å². The zero-order chi connectivity index (χ0) is 9.14. The number of hydrogen-bond donors (Lipinski definition) is 3. The second kappa shape index (κ2) is 3.34. The fourth-order valence-electron chi connectivity index (χ4n) is 0.820. The van der Waals surface area contributed by atoms with Crippen molar-refractivity contribution in [3.63, 3.8) is 0 Å².